The van der Waals surface area contributed by atoms with Crippen molar-refractivity contribution >= 4 is 23.2 Å². The molecule has 2 aromatic rings. The molecule has 0 bridgehead atoms. The van der Waals surface area contributed by atoms with Crippen LogP contribution < -0.4 is 10.6 Å². The average Bonchev–Trinajstić information content (AvgIpc) is 2.55. The zero-order chi connectivity index (χ0) is 20.4. The summed E-state index contributed by atoms with van der Waals surface area (Å²) in [7, 11) is 0. The standard InChI is InChI=1S/C16H9F7N2O2/c17-10-1-3-11(4-2-10)24-13(26)14(27)25-12-6-8(15(18,19)20)5-9(7-12)16(21,22)23/h1-7H,(H,24,26)(H,25,27). The SMILES string of the molecule is O=C(Nc1ccc(F)cc1)C(=O)Nc1cc(C(F)(F)F)cc(C(F)(F)F)c1. The van der Waals surface area contributed by atoms with E-state index < -0.39 is 46.8 Å². The number of alkyl halides is 6. The second-order valence-corrected chi connectivity index (χ2v) is 5.21. The summed E-state index contributed by atoms with van der Waals surface area (Å²) in [6.45, 7) is 0. The molecule has 0 heterocycles. The molecule has 0 aliphatic rings. The van der Waals surface area contributed by atoms with E-state index in [0.29, 0.717) is 0 Å². The third-order valence-electron chi connectivity index (χ3n) is 3.15. The molecule has 0 fully saturated rings. The molecule has 0 atom stereocenters. The van der Waals surface area contributed by atoms with Crippen molar-refractivity contribution in [3.63, 3.8) is 0 Å². The van der Waals surface area contributed by atoms with Crippen LogP contribution in [0.25, 0.3) is 0 Å². The highest BCUT2D eigenvalue weighted by atomic mass is 19.4. The number of amides is 2. The van der Waals surface area contributed by atoms with Crippen molar-refractivity contribution in [3.8, 4) is 0 Å². The summed E-state index contributed by atoms with van der Waals surface area (Å²) in [5.74, 6) is -3.50. The molecule has 2 N–H and O–H groups in total. The first-order chi connectivity index (χ1) is 12.4. The molecule has 0 saturated carbocycles. The predicted molar refractivity (Wildman–Crippen MR) is 80.1 cm³/mol. The van der Waals surface area contributed by atoms with Crippen LogP contribution in [0.15, 0.2) is 42.5 Å². The van der Waals surface area contributed by atoms with E-state index in [9.17, 15) is 40.3 Å². The van der Waals surface area contributed by atoms with Gasteiger partial charge in [0.25, 0.3) is 0 Å². The second kappa shape index (κ2) is 7.25. The van der Waals surface area contributed by atoms with Crippen molar-refractivity contribution in [2.45, 2.75) is 12.4 Å². The Morgan fingerprint density at radius 2 is 1.07 bits per heavy atom. The van der Waals surface area contributed by atoms with Gasteiger partial charge in [-0.15, -0.1) is 0 Å². The van der Waals surface area contributed by atoms with Crippen molar-refractivity contribution in [3.05, 3.63) is 59.4 Å². The summed E-state index contributed by atoms with van der Waals surface area (Å²) in [6.07, 6.45) is -10.2. The van der Waals surface area contributed by atoms with Crippen LogP contribution >= 0.6 is 0 Å². The van der Waals surface area contributed by atoms with Gasteiger partial charge in [-0.2, -0.15) is 26.3 Å². The zero-order valence-electron chi connectivity index (χ0n) is 13.0. The molecule has 27 heavy (non-hydrogen) atoms. The van der Waals surface area contributed by atoms with Gasteiger partial charge in [0, 0.05) is 11.4 Å². The number of benzene rings is 2. The van der Waals surface area contributed by atoms with Crippen LogP contribution in [0.4, 0.5) is 42.1 Å². The van der Waals surface area contributed by atoms with Crippen molar-refractivity contribution < 1.29 is 40.3 Å². The normalized spacial score (nSPS) is 11.8. The average molecular weight is 394 g/mol. The Bertz CT molecular complexity index is 826. The lowest BCUT2D eigenvalue weighted by atomic mass is 10.1. The number of halogens is 7. The van der Waals surface area contributed by atoms with Crippen LogP contribution in [0.2, 0.25) is 0 Å². The summed E-state index contributed by atoms with van der Waals surface area (Å²) >= 11 is 0. The minimum Gasteiger partial charge on any atom is -0.318 e. The predicted octanol–water partition coefficient (Wildman–Crippen LogP) is 4.44. The topological polar surface area (TPSA) is 58.2 Å². The Kier molecular flexibility index (Phi) is 5.43. The second-order valence-electron chi connectivity index (χ2n) is 5.21. The molecule has 0 saturated heterocycles. The van der Waals surface area contributed by atoms with E-state index in [0.717, 1.165) is 24.3 Å². The fourth-order valence-electron chi connectivity index (χ4n) is 1.94. The van der Waals surface area contributed by atoms with Gasteiger partial charge in [-0.1, -0.05) is 0 Å². The van der Waals surface area contributed by atoms with E-state index >= 15 is 0 Å². The van der Waals surface area contributed by atoms with E-state index in [1.54, 1.807) is 5.32 Å². The third kappa shape index (κ3) is 5.43. The number of nitrogens with one attached hydrogen (secondary N) is 2. The van der Waals surface area contributed by atoms with Crippen LogP contribution in [0.5, 0.6) is 0 Å². The lowest BCUT2D eigenvalue weighted by Gasteiger charge is -2.14. The molecule has 0 aliphatic heterocycles. The summed E-state index contributed by atoms with van der Waals surface area (Å²) in [5.41, 5.74) is -4.16. The number of carbonyl (C=O) groups is 2. The number of carbonyl (C=O) groups excluding carboxylic acids is 2. The van der Waals surface area contributed by atoms with Crippen molar-refractivity contribution in [2.24, 2.45) is 0 Å². The quantitative estimate of drug-likeness (QED) is 0.585. The van der Waals surface area contributed by atoms with Crippen LogP contribution in [0.3, 0.4) is 0 Å². The van der Waals surface area contributed by atoms with E-state index in [4.69, 9.17) is 0 Å². The molecular formula is C16H9F7N2O2. The Morgan fingerprint density at radius 1 is 0.667 bits per heavy atom. The molecular weight excluding hydrogens is 385 g/mol. The van der Waals surface area contributed by atoms with Gasteiger partial charge >= 0.3 is 24.2 Å². The van der Waals surface area contributed by atoms with Gasteiger partial charge in [-0.05, 0) is 42.5 Å². The molecule has 0 aliphatic carbocycles. The molecule has 4 nitrogen and oxygen atoms in total. The van der Waals surface area contributed by atoms with Gasteiger partial charge in [-0.25, -0.2) is 4.39 Å². The molecule has 2 aromatic carbocycles. The van der Waals surface area contributed by atoms with E-state index in [1.165, 1.54) is 0 Å². The molecule has 0 spiro atoms. The zero-order valence-corrected chi connectivity index (χ0v) is 13.0. The first-order valence-electron chi connectivity index (χ1n) is 7.03. The fraction of sp³-hybridized carbons (Fsp3) is 0.125. The van der Waals surface area contributed by atoms with Crippen LogP contribution in [-0.4, -0.2) is 11.8 Å². The van der Waals surface area contributed by atoms with Gasteiger partial charge in [0.05, 0.1) is 11.1 Å². The van der Waals surface area contributed by atoms with Crippen molar-refractivity contribution in [1.29, 1.82) is 0 Å². The molecule has 2 rings (SSSR count). The Hall–Kier alpha value is -3.11. The number of hydrogen-bond donors (Lipinski definition) is 2. The van der Waals surface area contributed by atoms with Gasteiger partial charge in [0.2, 0.25) is 0 Å². The lowest BCUT2D eigenvalue weighted by molar-refractivity contribution is -0.143. The fourth-order valence-corrected chi connectivity index (χ4v) is 1.94. The van der Waals surface area contributed by atoms with Gasteiger partial charge in [-0.3, -0.25) is 9.59 Å². The van der Waals surface area contributed by atoms with Gasteiger partial charge < -0.3 is 10.6 Å². The third-order valence-corrected chi connectivity index (χ3v) is 3.15. The highest BCUT2D eigenvalue weighted by Gasteiger charge is 2.37. The van der Waals surface area contributed by atoms with E-state index in [-0.39, 0.29) is 23.9 Å². The van der Waals surface area contributed by atoms with Crippen LogP contribution in [0.1, 0.15) is 11.1 Å². The minimum atomic E-state index is -5.10. The number of anilines is 2. The number of rotatable bonds is 2. The highest BCUT2D eigenvalue weighted by Crippen LogP contribution is 2.37. The smallest absolute Gasteiger partial charge is 0.318 e. The largest absolute Gasteiger partial charge is 0.416 e. The van der Waals surface area contributed by atoms with Crippen LogP contribution in [-0.2, 0) is 21.9 Å². The Balaban J connectivity index is 2.23. The Labute approximate surface area is 147 Å². The summed E-state index contributed by atoms with van der Waals surface area (Å²) in [6, 6.07) is 4.55. The first kappa shape index (κ1) is 20.2. The van der Waals surface area contributed by atoms with Crippen molar-refractivity contribution in [2.75, 3.05) is 10.6 Å². The molecule has 144 valence electrons. The molecule has 2 amide bonds. The summed E-state index contributed by atoms with van der Waals surface area (Å²) < 4.78 is 89.3. The molecule has 0 unspecified atom stereocenters. The van der Waals surface area contributed by atoms with Gasteiger partial charge in [0.1, 0.15) is 5.82 Å². The van der Waals surface area contributed by atoms with Crippen LogP contribution in [0, 0.1) is 5.82 Å². The van der Waals surface area contributed by atoms with Crippen molar-refractivity contribution in [1.82, 2.24) is 0 Å². The first-order valence-corrected chi connectivity index (χ1v) is 7.03. The highest BCUT2D eigenvalue weighted by molar-refractivity contribution is 6.43. The monoisotopic (exact) mass is 394 g/mol. The Morgan fingerprint density at radius 3 is 1.48 bits per heavy atom. The number of hydrogen-bond acceptors (Lipinski definition) is 2. The lowest BCUT2D eigenvalue weighted by Crippen LogP contribution is -2.29. The maximum atomic E-state index is 12.8. The molecule has 11 heteroatoms. The minimum absolute atomic E-state index is 0.00317. The van der Waals surface area contributed by atoms with E-state index in [2.05, 4.69) is 0 Å². The van der Waals surface area contributed by atoms with Gasteiger partial charge in [0.15, 0.2) is 0 Å². The summed E-state index contributed by atoms with van der Waals surface area (Å²) in [5, 5.41) is 3.69. The molecule has 0 radical (unpaired) electrons. The maximum Gasteiger partial charge on any atom is 0.416 e. The summed E-state index contributed by atoms with van der Waals surface area (Å²) in [4.78, 5) is 23.5. The molecule has 0 aromatic heterocycles. The van der Waals surface area contributed by atoms with E-state index in [1.807, 2.05) is 5.32 Å². The maximum absolute atomic E-state index is 12.8.